The molecule has 2 rings (SSSR count). The summed E-state index contributed by atoms with van der Waals surface area (Å²) in [6.07, 6.45) is 3.29. The van der Waals surface area contributed by atoms with Gasteiger partial charge in [-0.3, -0.25) is 4.68 Å². The van der Waals surface area contributed by atoms with Crippen LogP contribution in [0, 0.1) is 5.82 Å². The quantitative estimate of drug-likeness (QED) is 0.878. The molecule has 0 bridgehead atoms. The average Bonchev–Trinajstić information content (AvgIpc) is 2.79. The van der Waals surface area contributed by atoms with Crippen molar-refractivity contribution in [2.75, 3.05) is 6.54 Å². The SMILES string of the molecule is Cn1cc(C(CN)OCc2ccccc2F)cn1. The largest absolute Gasteiger partial charge is 0.367 e. The van der Waals surface area contributed by atoms with Gasteiger partial charge < -0.3 is 10.5 Å². The molecule has 0 aliphatic carbocycles. The fraction of sp³-hybridized carbons (Fsp3) is 0.308. The van der Waals surface area contributed by atoms with Gasteiger partial charge in [-0.25, -0.2) is 4.39 Å². The molecule has 1 atom stereocenters. The first kappa shape index (κ1) is 12.7. The molecule has 0 spiro atoms. The standard InChI is InChI=1S/C13H16FN3O/c1-17-8-11(7-16-17)13(6-15)18-9-10-4-2-3-5-12(10)14/h2-5,7-8,13H,6,9,15H2,1H3. The van der Waals surface area contributed by atoms with Crippen LogP contribution in [0.1, 0.15) is 17.2 Å². The predicted molar refractivity (Wildman–Crippen MR) is 66.2 cm³/mol. The first-order chi connectivity index (χ1) is 8.70. The molecule has 0 saturated heterocycles. The lowest BCUT2D eigenvalue weighted by atomic mass is 10.2. The zero-order valence-electron chi connectivity index (χ0n) is 10.2. The molecule has 2 aromatic rings. The fourth-order valence-corrected chi connectivity index (χ4v) is 1.71. The van der Waals surface area contributed by atoms with Gasteiger partial charge in [-0.05, 0) is 6.07 Å². The van der Waals surface area contributed by atoms with E-state index in [0.717, 1.165) is 5.56 Å². The van der Waals surface area contributed by atoms with E-state index >= 15 is 0 Å². The maximum absolute atomic E-state index is 13.4. The summed E-state index contributed by atoms with van der Waals surface area (Å²) in [6, 6.07) is 6.55. The minimum atomic E-state index is -0.265. The molecule has 0 fully saturated rings. The van der Waals surface area contributed by atoms with E-state index in [2.05, 4.69) is 5.10 Å². The van der Waals surface area contributed by atoms with Crippen LogP contribution >= 0.6 is 0 Å². The van der Waals surface area contributed by atoms with Gasteiger partial charge in [0.15, 0.2) is 0 Å². The minimum absolute atomic E-state index is 0.198. The third-order valence-corrected chi connectivity index (χ3v) is 2.71. The molecule has 5 heteroatoms. The highest BCUT2D eigenvalue weighted by atomic mass is 19.1. The van der Waals surface area contributed by atoms with Crippen molar-refractivity contribution in [2.24, 2.45) is 12.8 Å². The molecule has 0 amide bonds. The van der Waals surface area contributed by atoms with Crippen LogP contribution in [0.3, 0.4) is 0 Å². The van der Waals surface area contributed by atoms with Crippen molar-refractivity contribution in [2.45, 2.75) is 12.7 Å². The first-order valence-electron chi connectivity index (χ1n) is 5.74. The van der Waals surface area contributed by atoms with Gasteiger partial charge in [0.2, 0.25) is 0 Å². The number of hydrogen-bond acceptors (Lipinski definition) is 3. The van der Waals surface area contributed by atoms with Gasteiger partial charge in [-0.1, -0.05) is 18.2 Å². The molecular weight excluding hydrogens is 233 g/mol. The Morgan fingerprint density at radius 3 is 2.83 bits per heavy atom. The number of hydrogen-bond donors (Lipinski definition) is 1. The maximum atomic E-state index is 13.4. The van der Waals surface area contributed by atoms with Crippen molar-refractivity contribution in [1.29, 1.82) is 0 Å². The third-order valence-electron chi connectivity index (χ3n) is 2.71. The Bertz CT molecular complexity index is 512. The zero-order chi connectivity index (χ0) is 13.0. The van der Waals surface area contributed by atoms with E-state index in [1.807, 2.05) is 13.2 Å². The van der Waals surface area contributed by atoms with E-state index in [1.54, 1.807) is 29.1 Å². The number of aromatic nitrogens is 2. The smallest absolute Gasteiger partial charge is 0.128 e. The van der Waals surface area contributed by atoms with Gasteiger partial charge in [-0.2, -0.15) is 5.10 Å². The summed E-state index contributed by atoms with van der Waals surface area (Å²) in [7, 11) is 1.83. The monoisotopic (exact) mass is 249 g/mol. The van der Waals surface area contributed by atoms with Crippen molar-refractivity contribution < 1.29 is 9.13 Å². The second-order valence-electron chi connectivity index (χ2n) is 4.07. The summed E-state index contributed by atoms with van der Waals surface area (Å²) in [4.78, 5) is 0. The summed E-state index contributed by atoms with van der Waals surface area (Å²) in [6.45, 7) is 0.531. The Labute approximate surface area is 105 Å². The number of ether oxygens (including phenoxy) is 1. The van der Waals surface area contributed by atoms with Crippen molar-refractivity contribution in [1.82, 2.24) is 9.78 Å². The van der Waals surface area contributed by atoms with Crippen LogP contribution in [0.5, 0.6) is 0 Å². The van der Waals surface area contributed by atoms with Crippen molar-refractivity contribution in [3.8, 4) is 0 Å². The van der Waals surface area contributed by atoms with E-state index in [1.165, 1.54) is 6.07 Å². The van der Waals surface area contributed by atoms with Crippen molar-refractivity contribution >= 4 is 0 Å². The van der Waals surface area contributed by atoms with Gasteiger partial charge in [0.1, 0.15) is 5.82 Å². The van der Waals surface area contributed by atoms with E-state index in [0.29, 0.717) is 12.1 Å². The number of rotatable bonds is 5. The van der Waals surface area contributed by atoms with Crippen LogP contribution < -0.4 is 5.73 Å². The van der Waals surface area contributed by atoms with Gasteiger partial charge in [0.25, 0.3) is 0 Å². The molecule has 0 aliphatic heterocycles. The number of nitrogens with zero attached hydrogens (tertiary/aromatic N) is 2. The van der Waals surface area contributed by atoms with Crippen LogP contribution in [0.15, 0.2) is 36.7 Å². The number of nitrogens with two attached hydrogens (primary N) is 1. The lowest BCUT2D eigenvalue weighted by Crippen LogP contribution is -2.15. The molecule has 1 aromatic carbocycles. The molecule has 2 N–H and O–H groups in total. The molecule has 96 valence electrons. The highest BCUT2D eigenvalue weighted by Gasteiger charge is 2.13. The van der Waals surface area contributed by atoms with Crippen LogP contribution in [0.2, 0.25) is 0 Å². The molecule has 0 aliphatic rings. The van der Waals surface area contributed by atoms with Crippen LogP contribution in [-0.2, 0) is 18.4 Å². The molecule has 0 saturated carbocycles. The van der Waals surface area contributed by atoms with E-state index < -0.39 is 0 Å². The Hall–Kier alpha value is -1.72. The zero-order valence-corrected chi connectivity index (χ0v) is 10.2. The highest BCUT2D eigenvalue weighted by molar-refractivity contribution is 5.16. The first-order valence-corrected chi connectivity index (χ1v) is 5.74. The summed E-state index contributed by atoms with van der Waals surface area (Å²) in [5.74, 6) is -0.264. The molecule has 1 unspecified atom stereocenters. The summed E-state index contributed by atoms with van der Waals surface area (Å²) >= 11 is 0. The number of benzene rings is 1. The Morgan fingerprint density at radius 1 is 1.44 bits per heavy atom. The lowest BCUT2D eigenvalue weighted by molar-refractivity contribution is 0.0440. The molecule has 18 heavy (non-hydrogen) atoms. The van der Waals surface area contributed by atoms with Gasteiger partial charge in [-0.15, -0.1) is 0 Å². The van der Waals surface area contributed by atoms with Gasteiger partial charge >= 0.3 is 0 Å². The topological polar surface area (TPSA) is 53.1 Å². The van der Waals surface area contributed by atoms with Crippen LogP contribution in [-0.4, -0.2) is 16.3 Å². The minimum Gasteiger partial charge on any atom is -0.367 e. The molecular formula is C13H16FN3O. The second-order valence-corrected chi connectivity index (χ2v) is 4.07. The average molecular weight is 249 g/mol. The Balaban J connectivity index is 2.02. The van der Waals surface area contributed by atoms with E-state index in [4.69, 9.17) is 10.5 Å². The van der Waals surface area contributed by atoms with Crippen molar-refractivity contribution in [3.05, 3.63) is 53.6 Å². The van der Waals surface area contributed by atoms with Crippen LogP contribution in [0.4, 0.5) is 4.39 Å². The van der Waals surface area contributed by atoms with Crippen LogP contribution in [0.25, 0.3) is 0 Å². The van der Waals surface area contributed by atoms with Crippen molar-refractivity contribution in [3.63, 3.8) is 0 Å². The summed E-state index contributed by atoms with van der Waals surface area (Å²) < 4.78 is 20.7. The van der Waals surface area contributed by atoms with Gasteiger partial charge in [0.05, 0.1) is 18.9 Å². The second kappa shape index (κ2) is 5.75. The predicted octanol–water partition coefficient (Wildman–Crippen LogP) is 1.78. The summed E-state index contributed by atoms with van der Waals surface area (Å²) in [5, 5.41) is 4.07. The van der Waals surface area contributed by atoms with E-state index in [9.17, 15) is 4.39 Å². The molecule has 4 nitrogen and oxygen atoms in total. The molecule has 0 radical (unpaired) electrons. The lowest BCUT2D eigenvalue weighted by Gasteiger charge is -2.14. The number of halogens is 1. The Morgan fingerprint density at radius 2 is 2.22 bits per heavy atom. The molecule has 1 heterocycles. The maximum Gasteiger partial charge on any atom is 0.128 e. The van der Waals surface area contributed by atoms with E-state index in [-0.39, 0.29) is 18.5 Å². The fourth-order valence-electron chi connectivity index (χ4n) is 1.71. The normalized spacial score (nSPS) is 12.6. The van der Waals surface area contributed by atoms with Gasteiger partial charge in [0, 0.05) is 30.9 Å². The third kappa shape index (κ3) is 2.94. The summed E-state index contributed by atoms with van der Waals surface area (Å²) in [5.41, 5.74) is 7.09. The number of aryl methyl sites for hydroxylation is 1. The molecule has 1 aromatic heterocycles. The Kier molecular flexibility index (Phi) is 4.07. The highest BCUT2D eigenvalue weighted by Crippen LogP contribution is 2.18.